The summed E-state index contributed by atoms with van der Waals surface area (Å²) in [6.45, 7) is 2.10. The Labute approximate surface area is 115 Å². The molecule has 0 fully saturated rings. The predicted octanol–water partition coefficient (Wildman–Crippen LogP) is 1.74. The molecule has 0 radical (unpaired) electrons. The zero-order valence-electron chi connectivity index (χ0n) is 10.8. The zero-order valence-corrected chi connectivity index (χ0v) is 10.8. The van der Waals surface area contributed by atoms with E-state index in [9.17, 15) is 9.59 Å². The molecule has 104 valence electrons. The second-order valence-corrected chi connectivity index (χ2v) is 4.22. The molecule has 4 N–H and O–H groups in total. The molecular formula is C13H14N4O3. The normalized spacial score (nSPS) is 10.1. The summed E-state index contributed by atoms with van der Waals surface area (Å²) in [6.07, 6.45) is 3.13. The summed E-state index contributed by atoms with van der Waals surface area (Å²) in [5.74, 6) is -1.04. The van der Waals surface area contributed by atoms with Crippen LogP contribution in [0.3, 0.4) is 0 Å². The molecular weight excluding hydrogens is 260 g/mol. The Morgan fingerprint density at radius 1 is 1.40 bits per heavy atom. The van der Waals surface area contributed by atoms with Gasteiger partial charge in [-0.05, 0) is 24.6 Å². The number of carbonyl (C=O) groups is 2. The van der Waals surface area contributed by atoms with Crippen molar-refractivity contribution in [2.24, 2.45) is 0 Å². The highest BCUT2D eigenvalue weighted by Gasteiger charge is 2.09. The third kappa shape index (κ3) is 3.35. The second kappa shape index (κ2) is 5.87. The summed E-state index contributed by atoms with van der Waals surface area (Å²) in [5.41, 5.74) is 2.15. The van der Waals surface area contributed by atoms with Gasteiger partial charge in [0, 0.05) is 11.9 Å². The van der Waals surface area contributed by atoms with E-state index < -0.39 is 12.0 Å². The number of rotatable bonds is 4. The maximum atomic E-state index is 11.7. The van der Waals surface area contributed by atoms with Crippen molar-refractivity contribution in [3.8, 4) is 0 Å². The van der Waals surface area contributed by atoms with Gasteiger partial charge in [0.05, 0.1) is 24.1 Å². The van der Waals surface area contributed by atoms with Crippen molar-refractivity contribution >= 4 is 17.7 Å². The number of hydrogen-bond acceptors (Lipinski definition) is 3. The Balaban J connectivity index is 2.00. The minimum Gasteiger partial charge on any atom is -0.478 e. The number of amides is 2. The first-order valence-electron chi connectivity index (χ1n) is 5.92. The molecule has 1 aromatic carbocycles. The summed E-state index contributed by atoms with van der Waals surface area (Å²) >= 11 is 0. The third-order valence-corrected chi connectivity index (χ3v) is 2.73. The van der Waals surface area contributed by atoms with Gasteiger partial charge < -0.3 is 20.7 Å². The smallest absolute Gasteiger partial charge is 0.335 e. The van der Waals surface area contributed by atoms with Gasteiger partial charge in [0.2, 0.25) is 0 Å². The van der Waals surface area contributed by atoms with E-state index in [1.807, 2.05) is 0 Å². The number of carboxylic acid groups (broad SMARTS) is 1. The Bertz CT molecular complexity index is 623. The molecule has 0 aliphatic heterocycles. The Morgan fingerprint density at radius 2 is 2.20 bits per heavy atom. The van der Waals surface area contributed by atoms with Crippen LogP contribution in [0.5, 0.6) is 0 Å². The van der Waals surface area contributed by atoms with Crippen molar-refractivity contribution in [3.05, 3.63) is 47.5 Å². The number of nitrogens with one attached hydrogen (secondary N) is 3. The first kappa shape index (κ1) is 13.6. The molecule has 7 heteroatoms. The maximum Gasteiger partial charge on any atom is 0.335 e. The number of urea groups is 1. The van der Waals surface area contributed by atoms with Crippen LogP contribution in [0.15, 0.2) is 30.7 Å². The lowest BCUT2D eigenvalue weighted by molar-refractivity contribution is 0.0697. The maximum absolute atomic E-state index is 11.7. The summed E-state index contributed by atoms with van der Waals surface area (Å²) in [7, 11) is 0. The molecule has 0 bridgehead atoms. The van der Waals surface area contributed by atoms with Gasteiger partial charge in [0.1, 0.15) is 0 Å². The number of imidazole rings is 1. The summed E-state index contributed by atoms with van der Waals surface area (Å²) in [5, 5.41) is 14.2. The number of carboxylic acids is 1. The molecule has 1 aromatic heterocycles. The number of hydrogen-bond donors (Lipinski definition) is 4. The van der Waals surface area contributed by atoms with Crippen molar-refractivity contribution in [2.45, 2.75) is 13.5 Å². The van der Waals surface area contributed by atoms with E-state index in [0.717, 1.165) is 11.3 Å². The van der Waals surface area contributed by atoms with Gasteiger partial charge in [-0.3, -0.25) is 0 Å². The van der Waals surface area contributed by atoms with E-state index >= 15 is 0 Å². The van der Waals surface area contributed by atoms with E-state index in [4.69, 9.17) is 5.11 Å². The molecule has 0 aliphatic rings. The van der Waals surface area contributed by atoms with Crippen LogP contribution >= 0.6 is 0 Å². The lowest BCUT2D eigenvalue weighted by Crippen LogP contribution is -2.28. The predicted molar refractivity (Wildman–Crippen MR) is 72.6 cm³/mol. The number of aromatic carboxylic acids is 1. The van der Waals surface area contributed by atoms with Gasteiger partial charge in [-0.1, -0.05) is 6.07 Å². The van der Waals surface area contributed by atoms with E-state index in [-0.39, 0.29) is 5.56 Å². The van der Waals surface area contributed by atoms with Gasteiger partial charge in [-0.2, -0.15) is 0 Å². The van der Waals surface area contributed by atoms with Crippen LogP contribution < -0.4 is 10.6 Å². The fourth-order valence-electron chi connectivity index (χ4n) is 1.61. The average Bonchev–Trinajstić information content (AvgIpc) is 2.92. The van der Waals surface area contributed by atoms with Crippen molar-refractivity contribution < 1.29 is 14.7 Å². The number of anilines is 1. The first-order valence-corrected chi connectivity index (χ1v) is 5.92. The number of H-pyrrole nitrogens is 1. The van der Waals surface area contributed by atoms with Gasteiger partial charge in [0.25, 0.3) is 0 Å². The molecule has 2 rings (SSSR count). The van der Waals surface area contributed by atoms with E-state index in [1.165, 1.54) is 18.5 Å². The molecule has 0 saturated carbocycles. The standard InChI is InChI=1S/C13H14N4O3/c1-8-2-3-9(12(18)19)4-11(8)17-13(20)15-6-10-5-14-7-16-10/h2-5,7H,6H2,1H3,(H,14,16)(H,18,19)(H2,15,17,20). The van der Waals surface area contributed by atoms with E-state index in [0.29, 0.717) is 12.2 Å². The van der Waals surface area contributed by atoms with Crippen LogP contribution in [0, 0.1) is 6.92 Å². The first-order chi connectivity index (χ1) is 9.56. The molecule has 20 heavy (non-hydrogen) atoms. The molecule has 0 saturated heterocycles. The quantitative estimate of drug-likeness (QED) is 0.681. The van der Waals surface area contributed by atoms with Crippen LogP contribution in [0.25, 0.3) is 0 Å². The molecule has 0 aliphatic carbocycles. The van der Waals surface area contributed by atoms with Crippen molar-refractivity contribution in [2.75, 3.05) is 5.32 Å². The second-order valence-electron chi connectivity index (χ2n) is 4.22. The van der Waals surface area contributed by atoms with Crippen molar-refractivity contribution in [1.82, 2.24) is 15.3 Å². The Hall–Kier alpha value is -2.83. The number of aromatic nitrogens is 2. The SMILES string of the molecule is Cc1ccc(C(=O)O)cc1NC(=O)NCc1cnc[nH]1. The van der Waals surface area contributed by atoms with Crippen LogP contribution in [-0.4, -0.2) is 27.1 Å². The van der Waals surface area contributed by atoms with E-state index in [1.54, 1.807) is 19.2 Å². The molecule has 7 nitrogen and oxygen atoms in total. The number of aromatic amines is 1. The van der Waals surface area contributed by atoms with Gasteiger partial charge >= 0.3 is 12.0 Å². The number of benzene rings is 1. The highest BCUT2D eigenvalue weighted by atomic mass is 16.4. The highest BCUT2D eigenvalue weighted by Crippen LogP contribution is 2.16. The Kier molecular flexibility index (Phi) is 3.99. The van der Waals surface area contributed by atoms with Crippen LogP contribution in [0.4, 0.5) is 10.5 Å². The Morgan fingerprint density at radius 3 is 2.85 bits per heavy atom. The highest BCUT2D eigenvalue weighted by molar-refractivity contribution is 5.93. The van der Waals surface area contributed by atoms with Crippen LogP contribution in [-0.2, 0) is 6.54 Å². The van der Waals surface area contributed by atoms with Crippen molar-refractivity contribution in [3.63, 3.8) is 0 Å². The van der Waals surface area contributed by atoms with Crippen molar-refractivity contribution in [1.29, 1.82) is 0 Å². The minimum atomic E-state index is -1.04. The monoisotopic (exact) mass is 274 g/mol. The third-order valence-electron chi connectivity index (χ3n) is 2.73. The summed E-state index contributed by atoms with van der Waals surface area (Å²) < 4.78 is 0. The molecule has 2 amide bonds. The fraction of sp³-hybridized carbons (Fsp3) is 0.154. The fourth-order valence-corrected chi connectivity index (χ4v) is 1.61. The zero-order chi connectivity index (χ0) is 14.5. The summed E-state index contributed by atoms with van der Waals surface area (Å²) in [4.78, 5) is 29.3. The largest absolute Gasteiger partial charge is 0.478 e. The molecule has 0 spiro atoms. The minimum absolute atomic E-state index is 0.125. The lowest BCUT2D eigenvalue weighted by Gasteiger charge is -2.10. The number of carbonyl (C=O) groups excluding carboxylic acids is 1. The van der Waals surface area contributed by atoms with E-state index in [2.05, 4.69) is 20.6 Å². The molecule has 1 heterocycles. The molecule has 0 unspecified atom stereocenters. The van der Waals surface area contributed by atoms with Gasteiger partial charge in [-0.15, -0.1) is 0 Å². The van der Waals surface area contributed by atoms with Crippen LogP contribution in [0.1, 0.15) is 21.6 Å². The van der Waals surface area contributed by atoms with Crippen LogP contribution in [0.2, 0.25) is 0 Å². The summed E-state index contributed by atoms with van der Waals surface area (Å²) in [6, 6.07) is 4.15. The number of aryl methyl sites for hydroxylation is 1. The van der Waals surface area contributed by atoms with Gasteiger partial charge in [-0.25, -0.2) is 14.6 Å². The lowest BCUT2D eigenvalue weighted by atomic mass is 10.1. The average molecular weight is 274 g/mol. The molecule has 2 aromatic rings. The number of nitrogens with zero attached hydrogens (tertiary/aromatic N) is 1. The molecule has 0 atom stereocenters. The van der Waals surface area contributed by atoms with Gasteiger partial charge in [0.15, 0.2) is 0 Å². The topological polar surface area (TPSA) is 107 Å².